The Morgan fingerprint density at radius 3 is 2.61 bits per heavy atom. The van der Waals surface area contributed by atoms with E-state index in [0.717, 1.165) is 27.4 Å². The van der Waals surface area contributed by atoms with Gasteiger partial charge in [-0.1, -0.05) is 35.3 Å². The van der Waals surface area contributed by atoms with Crippen molar-refractivity contribution in [3.8, 4) is 16.3 Å². The van der Waals surface area contributed by atoms with Gasteiger partial charge in [0.05, 0.1) is 10.0 Å². The lowest BCUT2D eigenvalue weighted by Gasteiger charge is -2.07. The second-order valence-electron chi connectivity index (χ2n) is 6.64. The van der Waals surface area contributed by atoms with Crippen molar-refractivity contribution in [2.24, 2.45) is 0 Å². The number of halogens is 2. The maximum atomic E-state index is 12.4. The van der Waals surface area contributed by atoms with Crippen LogP contribution in [0.2, 0.25) is 10.0 Å². The molecule has 4 aromatic rings. The molecule has 0 bridgehead atoms. The van der Waals surface area contributed by atoms with Crippen LogP contribution in [0.4, 0.5) is 0 Å². The fourth-order valence-electron chi connectivity index (χ4n) is 2.78. The molecule has 0 aliphatic heterocycles. The van der Waals surface area contributed by atoms with Gasteiger partial charge < -0.3 is 10.1 Å². The normalized spacial score (nSPS) is 10.6. The second kappa shape index (κ2) is 9.92. The SMILES string of the molecule is O=C(NCc1cccnc1)c1csc(-c2ccc(OCc3ccc(Cl)c(Cl)c3)cc2)n1. The van der Waals surface area contributed by atoms with Crippen LogP contribution in [0.25, 0.3) is 10.6 Å². The van der Waals surface area contributed by atoms with Crippen LogP contribution in [0.5, 0.6) is 5.75 Å². The van der Waals surface area contributed by atoms with Gasteiger partial charge in [0.25, 0.3) is 5.91 Å². The zero-order valence-electron chi connectivity index (χ0n) is 16.2. The Kier molecular flexibility index (Phi) is 6.82. The van der Waals surface area contributed by atoms with E-state index in [1.165, 1.54) is 11.3 Å². The lowest BCUT2D eigenvalue weighted by molar-refractivity contribution is 0.0946. The van der Waals surface area contributed by atoms with Crippen LogP contribution in [-0.2, 0) is 13.2 Å². The number of nitrogens with zero attached hydrogens (tertiary/aromatic N) is 2. The van der Waals surface area contributed by atoms with E-state index in [9.17, 15) is 4.79 Å². The number of carbonyl (C=O) groups is 1. The third-order valence-electron chi connectivity index (χ3n) is 4.40. The molecule has 5 nitrogen and oxygen atoms in total. The van der Waals surface area contributed by atoms with Crippen molar-refractivity contribution >= 4 is 40.4 Å². The fourth-order valence-corrected chi connectivity index (χ4v) is 3.90. The summed E-state index contributed by atoms with van der Waals surface area (Å²) in [5.74, 6) is 0.508. The Morgan fingerprint density at radius 1 is 1.03 bits per heavy atom. The molecule has 156 valence electrons. The second-order valence-corrected chi connectivity index (χ2v) is 8.32. The number of benzene rings is 2. The van der Waals surface area contributed by atoms with Crippen molar-refractivity contribution < 1.29 is 9.53 Å². The molecule has 4 rings (SSSR count). The van der Waals surface area contributed by atoms with Crippen molar-refractivity contribution in [2.45, 2.75) is 13.2 Å². The first-order chi connectivity index (χ1) is 15.1. The van der Waals surface area contributed by atoms with E-state index in [2.05, 4.69) is 15.3 Å². The quantitative estimate of drug-likeness (QED) is 0.359. The van der Waals surface area contributed by atoms with Crippen LogP contribution in [0.1, 0.15) is 21.6 Å². The molecule has 0 unspecified atom stereocenters. The molecule has 0 saturated heterocycles. The fraction of sp³-hybridized carbons (Fsp3) is 0.0870. The molecule has 1 N–H and O–H groups in total. The largest absolute Gasteiger partial charge is 0.489 e. The molecule has 0 atom stereocenters. The zero-order valence-corrected chi connectivity index (χ0v) is 18.5. The molecule has 2 heterocycles. The first-order valence-electron chi connectivity index (χ1n) is 9.38. The third kappa shape index (κ3) is 5.61. The summed E-state index contributed by atoms with van der Waals surface area (Å²) in [6.07, 6.45) is 3.42. The molecule has 0 spiro atoms. The topological polar surface area (TPSA) is 64.1 Å². The molecular formula is C23H17Cl2N3O2S. The summed E-state index contributed by atoms with van der Waals surface area (Å²) >= 11 is 13.4. The predicted molar refractivity (Wildman–Crippen MR) is 124 cm³/mol. The van der Waals surface area contributed by atoms with E-state index in [1.807, 2.05) is 42.5 Å². The van der Waals surface area contributed by atoms with Gasteiger partial charge in [0.1, 0.15) is 23.1 Å². The summed E-state index contributed by atoms with van der Waals surface area (Å²) < 4.78 is 5.81. The molecule has 2 aromatic carbocycles. The molecule has 0 saturated carbocycles. The van der Waals surface area contributed by atoms with Gasteiger partial charge in [-0.3, -0.25) is 9.78 Å². The molecule has 0 radical (unpaired) electrons. The number of amides is 1. The van der Waals surface area contributed by atoms with E-state index < -0.39 is 0 Å². The van der Waals surface area contributed by atoms with Crippen molar-refractivity contribution in [3.63, 3.8) is 0 Å². The van der Waals surface area contributed by atoms with Crippen LogP contribution in [0.3, 0.4) is 0 Å². The highest BCUT2D eigenvalue weighted by atomic mass is 35.5. The smallest absolute Gasteiger partial charge is 0.271 e. The number of nitrogens with one attached hydrogen (secondary N) is 1. The first kappa shape index (κ1) is 21.3. The van der Waals surface area contributed by atoms with Gasteiger partial charge in [0, 0.05) is 29.9 Å². The molecule has 1 amide bonds. The number of hydrogen-bond donors (Lipinski definition) is 1. The maximum Gasteiger partial charge on any atom is 0.271 e. The summed E-state index contributed by atoms with van der Waals surface area (Å²) in [7, 11) is 0. The molecule has 0 aliphatic carbocycles. The Morgan fingerprint density at radius 2 is 1.87 bits per heavy atom. The number of carbonyl (C=O) groups excluding carboxylic acids is 1. The van der Waals surface area contributed by atoms with E-state index >= 15 is 0 Å². The van der Waals surface area contributed by atoms with E-state index in [0.29, 0.717) is 28.9 Å². The van der Waals surface area contributed by atoms with Gasteiger partial charge in [0.15, 0.2) is 0 Å². The Hall–Kier alpha value is -2.93. The third-order valence-corrected chi connectivity index (χ3v) is 6.03. The van der Waals surface area contributed by atoms with Gasteiger partial charge in [-0.15, -0.1) is 11.3 Å². The van der Waals surface area contributed by atoms with Crippen LogP contribution in [-0.4, -0.2) is 15.9 Å². The van der Waals surface area contributed by atoms with E-state index in [1.54, 1.807) is 29.9 Å². The Bertz CT molecular complexity index is 1180. The molecule has 0 fully saturated rings. The number of aromatic nitrogens is 2. The molecule has 0 aliphatic rings. The lowest BCUT2D eigenvalue weighted by Crippen LogP contribution is -2.23. The molecule has 8 heteroatoms. The highest BCUT2D eigenvalue weighted by Gasteiger charge is 2.12. The number of thiazole rings is 1. The van der Waals surface area contributed by atoms with Crippen molar-refractivity contribution in [1.29, 1.82) is 0 Å². The number of rotatable bonds is 7. The van der Waals surface area contributed by atoms with E-state index in [-0.39, 0.29) is 5.91 Å². The average Bonchev–Trinajstić information content (AvgIpc) is 3.30. The van der Waals surface area contributed by atoms with Crippen molar-refractivity contribution in [2.75, 3.05) is 0 Å². The number of hydrogen-bond acceptors (Lipinski definition) is 5. The average molecular weight is 470 g/mol. The maximum absolute atomic E-state index is 12.4. The van der Waals surface area contributed by atoms with Crippen LogP contribution < -0.4 is 10.1 Å². The highest BCUT2D eigenvalue weighted by Crippen LogP contribution is 2.27. The first-order valence-corrected chi connectivity index (χ1v) is 11.0. The summed E-state index contributed by atoms with van der Waals surface area (Å²) in [5, 5.41) is 6.39. The van der Waals surface area contributed by atoms with Gasteiger partial charge in [0.2, 0.25) is 0 Å². The predicted octanol–water partition coefficient (Wildman–Crippen LogP) is 6.02. The number of ether oxygens (including phenoxy) is 1. The summed E-state index contributed by atoms with van der Waals surface area (Å²) in [4.78, 5) is 20.9. The van der Waals surface area contributed by atoms with Crippen LogP contribution in [0, 0.1) is 0 Å². The highest BCUT2D eigenvalue weighted by molar-refractivity contribution is 7.13. The van der Waals surface area contributed by atoms with Gasteiger partial charge >= 0.3 is 0 Å². The Labute approximate surface area is 193 Å². The molecular weight excluding hydrogens is 453 g/mol. The van der Waals surface area contributed by atoms with Crippen molar-refractivity contribution in [1.82, 2.24) is 15.3 Å². The van der Waals surface area contributed by atoms with Crippen LogP contribution in [0.15, 0.2) is 72.4 Å². The summed E-state index contributed by atoms with van der Waals surface area (Å²) in [6.45, 7) is 0.791. The minimum atomic E-state index is -0.215. The van der Waals surface area contributed by atoms with Gasteiger partial charge in [-0.2, -0.15) is 0 Å². The summed E-state index contributed by atoms with van der Waals surface area (Å²) in [6, 6.07) is 16.7. The standard InChI is InChI=1S/C23H17Cl2N3O2S/c24-19-8-3-15(10-20(19)25)13-30-18-6-4-17(5-7-18)23-28-21(14-31-23)22(29)27-12-16-2-1-9-26-11-16/h1-11,14H,12-13H2,(H,27,29). The number of pyridine rings is 1. The monoisotopic (exact) mass is 469 g/mol. The molecule has 2 aromatic heterocycles. The zero-order chi connectivity index (χ0) is 21.6. The van der Waals surface area contributed by atoms with Gasteiger partial charge in [-0.25, -0.2) is 4.98 Å². The molecule has 31 heavy (non-hydrogen) atoms. The van der Waals surface area contributed by atoms with E-state index in [4.69, 9.17) is 27.9 Å². The Balaban J connectivity index is 1.35. The minimum absolute atomic E-state index is 0.215. The minimum Gasteiger partial charge on any atom is -0.489 e. The van der Waals surface area contributed by atoms with Crippen LogP contribution >= 0.6 is 34.5 Å². The van der Waals surface area contributed by atoms with Gasteiger partial charge in [-0.05, 0) is 53.6 Å². The lowest BCUT2D eigenvalue weighted by atomic mass is 10.2. The summed E-state index contributed by atoms with van der Waals surface area (Å²) in [5.41, 5.74) is 3.17. The van der Waals surface area contributed by atoms with Crippen molar-refractivity contribution in [3.05, 3.63) is 99.2 Å².